The second-order valence-electron chi connectivity index (χ2n) is 4.91. The zero-order chi connectivity index (χ0) is 16.4. The third-order valence-electron chi connectivity index (χ3n) is 3.38. The smallest absolute Gasteiger partial charge is 0.262 e. The molecule has 2 N–H and O–H groups in total. The first-order chi connectivity index (χ1) is 11.1. The van der Waals surface area contributed by atoms with Crippen molar-refractivity contribution in [3.05, 3.63) is 46.4 Å². The van der Waals surface area contributed by atoms with E-state index < -0.39 is 0 Å². The summed E-state index contributed by atoms with van der Waals surface area (Å²) in [7, 11) is 1.56. The van der Waals surface area contributed by atoms with Gasteiger partial charge < -0.3 is 10.3 Å². The van der Waals surface area contributed by atoms with Gasteiger partial charge in [0.25, 0.3) is 5.56 Å². The summed E-state index contributed by atoms with van der Waals surface area (Å²) in [5.74, 6) is 0.0499. The number of para-hydroxylation sites is 1. The molecule has 1 amide bonds. The van der Waals surface area contributed by atoms with Gasteiger partial charge in [-0.2, -0.15) is 5.10 Å². The highest BCUT2D eigenvalue weighted by Gasteiger charge is 2.13. The van der Waals surface area contributed by atoms with Crippen LogP contribution in [0, 0.1) is 6.92 Å². The molecule has 8 heteroatoms. The molecule has 118 valence electrons. The fourth-order valence-corrected chi connectivity index (χ4v) is 2.88. The van der Waals surface area contributed by atoms with Crippen LogP contribution >= 0.6 is 11.8 Å². The largest absolute Gasteiger partial charge is 0.358 e. The van der Waals surface area contributed by atoms with E-state index in [4.69, 9.17) is 0 Å². The molecule has 0 aliphatic carbocycles. The number of nitrogens with one attached hydrogen (secondary N) is 2. The van der Waals surface area contributed by atoms with E-state index in [2.05, 4.69) is 20.4 Å². The number of hydrogen-bond donors (Lipinski definition) is 2. The number of thioether (sulfide) groups is 1. The van der Waals surface area contributed by atoms with Gasteiger partial charge in [-0.25, -0.2) is 9.67 Å². The molecule has 0 saturated heterocycles. The molecule has 0 aliphatic rings. The molecule has 1 aromatic carbocycles. The second-order valence-corrected chi connectivity index (χ2v) is 5.88. The van der Waals surface area contributed by atoms with Crippen LogP contribution in [0.25, 0.3) is 16.7 Å². The van der Waals surface area contributed by atoms with Crippen LogP contribution in [-0.4, -0.2) is 38.5 Å². The molecule has 2 heterocycles. The van der Waals surface area contributed by atoms with Gasteiger partial charge in [0.05, 0.1) is 17.6 Å². The Morgan fingerprint density at radius 2 is 2.17 bits per heavy atom. The van der Waals surface area contributed by atoms with Gasteiger partial charge in [-0.15, -0.1) is 0 Å². The van der Waals surface area contributed by atoms with Crippen molar-refractivity contribution in [2.45, 2.75) is 12.1 Å². The molecule has 3 aromatic rings. The summed E-state index contributed by atoms with van der Waals surface area (Å²) < 4.78 is 1.64. The molecule has 3 rings (SSSR count). The Hall–Kier alpha value is -2.61. The first-order valence-electron chi connectivity index (χ1n) is 6.97. The summed E-state index contributed by atoms with van der Waals surface area (Å²) in [6.45, 7) is 1.97. The highest BCUT2D eigenvalue weighted by Crippen LogP contribution is 2.19. The number of aryl methyl sites for hydroxylation is 1. The summed E-state index contributed by atoms with van der Waals surface area (Å²) in [5, 5.41) is 7.62. The van der Waals surface area contributed by atoms with Crippen LogP contribution in [0.1, 0.15) is 5.56 Å². The molecule has 0 fully saturated rings. The van der Waals surface area contributed by atoms with Gasteiger partial charge in [0.15, 0.2) is 10.8 Å². The quantitative estimate of drug-likeness (QED) is 0.555. The molecule has 0 spiro atoms. The molecule has 0 bridgehead atoms. The number of H-pyrrole nitrogens is 1. The van der Waals surface area contributed by atoms with Gasteiger partial charge in [0, 0.05) is 7.05 Å². The van der Waals surface area contributed by atoms with Crippen molar-refractivity contribution in [1.29, 1.82) is 0 Å². The number of aromatic amines is 1. The minimum Gasteiger partial charge on any atom is -0.358 e. The van der Waals surface area contributed by atoms with Crippen molar-refractivity contribution in [2.24, 2.45) is 0 Å². The number of carbonyl (C=O) groups is 1. The SMILES string of the molecule is CNC(=O)CSc1nc2c(cnn2-c2ccccc2C)c(=O)[nH]1. The summed E-state index contributed by atoms with van der Waals surface area (Å²) >= 11 is 1.17. The maximum absolute atomic E-state index is 12.2. The molecular formula is C15H15N5O2S. The first-order valence-corrected chi connectivity index (χ1v) is 7.96. The minimum absolute atomic E-state index is 0.134. The lowest BCUT2D eigenvalue weighted by atomic mass is 10.2. The van der Waals surface area contributed by atoms with E-state index in [0.717, 1.165) is 11.3 Å². The summed E-state index contributed by atoms with van der Waals surface area (Å²) in [5.41, 5.74) is 2.10. The van der Waals surface area contributed by atoms with E-state index in [1.165, 1.54) is 18.0 Å². The van der Waals surface area contributed by atoms with E-state index in [0.29, 0.717) is 16.2 Å². The molecule has 0 atom stereocenters. The Morgan fingerprint density at radius 3 is 2.91 bits per heavy atom. The topological polar surface area (TPSA) is 92.7 Å². The Balaban J connectivity index is 2.08. The lowest BCUT2D eigenvalue weighted by molar-refractivity contribution is -0.118. The molecule has 23 heavy (non-hydrogen) atoms. The van der Waals surface area contributed by atoms with E-state index in [1.807, 2.05) is 31.2 Å². The number of rotatable bonds is 4. The van der Waals surface area contributed by atoms with Gasteiger partial charge in [0.2, 0.25) is 5.91 Å². The highest BCUT2D eigenvalue weighted by atomic mass is 32.2. The Bertz CT molecular complexity index is 931. The number of fused-ring (bicyclic) bond motifs is 1. The fraction of sp³-hybridized carbons (Fsp3) is 0.200. The van der Waals surface area contributed by atoms with Crippen LogP contribution in [0.4, 0.5) is 0 Å². The van der Waals surface area contributed by atoms with Gasteiger partial charge in [0.1, 0.15) is 5.39 Å². The van der Waals surface area contributed by atoms with E-state index in [-0.39, 0.29) is 17.2 Å². The number of benzene rings is 1. The molecule has 7 nitrogen and oxygen atoms in total. The normalized spacial score (nSPS) is 10.9. The zero-order valence-corrected chi connectivity index (χ0v) is 13.5. The summed E-state index contributed by atoms with van der Waals surface area (Å²) in [6.07, 6.45) is 1.50. The standard InChI is InChI=1S/C15H15N5O2S/c1-9-5-3-4-6-11(9)20-13-10(7-17-20)14(22)19-15(18-13)23-8-12(21)16-2/h3-7H,8H2,1-2H3,(H,16,21)(H,18,19,22). The maximum Gasteiger partial charge on any atom is 0.262 e. The van der Waals surface area contributed by atoms with Gasteiger partial charge in [-0.3, -0.25) is 9.59 Å². The van der Waals surface area contributed by atoms with Gasteiger partial charge >= 0.3 is 0 Å². The second kappa shape index (κ2) is 6.25. The number of nitrogens with zero attached hydrogens (tertiary/aromatic N) is 3. The highest BCUT2D eigenvalue weighted by molar-refractivity contribution is 7.99. The molecule has 2 aromatic heterocycles. The van der Waals surface area contributed by atoms with Crippen LogP contribution in [-0.2, 0) is 4.79 Å². The molecule has 0 unspecified atom stereocenters. The Morgan fingerprint density at radius 1 is 1.39 bits per heavy atom. The number of amides is 1. The minimum atomic E-state index is -0.269. The summed E-state index contributed by atoms with van der Waals surface area (Å²) in [6, 6.07) is 7.74. The van der Waals surface area contributed by atoms with Crippen LogP contribution in [0.5, 0.6) is 0 Å². The van der Waals surface area contributed by atoms with Gasteiger partial charge in [-0.1, -0.05) is 30.0 Å². The monoisotopic (exact) mass is 329 g/mol. The average Bonchev–Trinajstić information content (AvgIpc) is 2.97. The third-order valence-corrected chi connectivity index (χ3v) is 4.25. The van der Waals surface area contributed by atoms with E-state index in [1.54, 1.807) is 11.7 Å². The predicted octanol–water partition coefficient (Wildman–Crippen LogP) is 1.26. The number of carbonyl (C=O) groups excluding carboxylic acids is 1. The van der Waals surface area contributed by atoms with Crippen molar-refractivity contribution in [3.63, 3.8) is 0 Å². The average molecular weight is 329 g/mol. The molecule has 0 saturated carbocycles. The van der Waals surface area contributed by atoms with Crippen LogP contribution in [0.15, 0.2) is 40.4 Å². The lowest BCUT2D eigenvalue weighted by Crippen LogP contribution is -2.20. The zero-order valence-electron chi connectivity index (χ0n) is 12.7. The van der Waals surface area contributed by atoms with E-state index >= 15 is 0 Å². The Labute approximate surface area is 136 Å². The van der Waals surface area contributed by atoms with E-state index in [9.17, 15) is 9.59 Å². The molecular weight excluding hydrogens is 314 g/mol. The van der Waals surface area contributed by atoms with Crippen molar-refractivity contribution in [3.8, 4) is 5.69 Å². The van der Waals surface area contributed by atoms with Crippen molar-refractivity contribution in [1.82, 2.24) is 25.1 Å². The Kier molecular flexibility index (Phi) is 4.16. The molecule has 0 radical (unpaired) electrons. The van der Waals surface area contributed by atoms with Gasteiger partial charge in [-0.05, 0) is 18.6 Å². The van der Waals surface area contributed by atoms with Crippen molar-refractivity contribution >= 4 is 28.7 Å². The van der Waals surface area contributed by atoms with Crippen LogP contribution in [0.2, 0.25) is 0 Å². The third kappa shape index (κ3) is 2.98. The van der Waals surface area contributed by atoms with Crippen molar-refractivity contribution in [2.75, 3.05) is 12.8 Å². The predicted molar refractivity (Wildman–Crippen MR) is 89.0 cm³/mol. The van der Waals surface area contributed by atoms with Crippen molar-refractivity contribution < 1.29 is 4.79 Å². The van der Waals surface area contributed by atoms with Crippen LogP contribution in [0.3, 0.4) is 0 Å². The first kappa shape index (κ1) is 15.3. The fourth-order valence-electron chi connectivity index (χ4n) is 2.15. The maximum atomic E-state index is 12.2. The summed E-state index contributed by atoms with van der Waals surface area (Å²) in [4.78, 5) is 30.6. The number of hydrogen-bond acceptors (Lipinski definition) is 5. The number of aromatic nitrogens is 4. The van der Waals surface area contributed by atoms with Crippen LogP contribution < -0.4 is 10.9 Å². The lowest BCUT2D eigenvalue weighted by Gasteiger charge is -2.07. The molecule has 0 aliphatic heterocycles.